The van der Waals surface area contributed by atoms with Crippen LogP contribution in [0.15, 0.2) is 146 Å². The van der Waals surface area contributed by atoms with Crippen LogP contribution >= 0.6 is 22.7 Å². The number of para-hydroxylation sites is 3. The van der Waals surface area contributed by atoms with Crippen molar-refractivity contribution in [3.63, 3.8) is 0 Å². The minimum atomic E-state index is 1.13. The summed E-state index contributed by atoms with van der Waals surface area (Å²) in [5, 5.41) is 10.5. The number of rotatable bonds is 3. The molecule has 0 amide bonds. The zero-order valence-corrected chi connectivity index (χ0v) is 29.8. The van der Waals surface area contributed by atoms with Crippen LogP contribution in [0.2, 0.25) is 0 Å². The Kier molecular flexibility index (Phi) is 5.96. The predicted molar refractivity (Wildman–Crippen MR) is 226 cm³/mol. The molecule has 52 heavy (non-hydrogen) atoms. The van der Waals surface area contributed by atoms with Crippen LogP contribution in [0.5, 0.6) is 0 Å². The Morgan fingerprint density at radius 3 is 2.13 bits per heavy atom. The molecule has 0 radical (unpaired) electrons. The van der Waals surface area contributed by atoms with Crippen LogP contribution < -0.4 is 9.75 Å². The maximum Gasteiger partial charge on any atom is 0.0641 e. The summed E-state index contributed by atoms with van der Waals surface area (Å²) in [6, 6.07) is 54.2. The van der Waals surface area contributed by atoms with Gasteiger partial charge in [-0.05, 0) is 83.8 Å². The molecule has 12 rings (SSSR count). The standard InChI is InChI=1S/C48H30N2S2/c1-2-12-30(13-3-1)49-38-19-7-4-14-32(38)34-25-26-41-46(47(34)49)36-16-5-8-20-39(36)50(41)40-21-11-23-44-45(40)37-28-29(24-27-43(37)51-44)31-17-10-18-35-33-15-6-9-22-42(33)52-48(31)35/h1-5,7-8,10-28H,6,9H2. The van der Waals surface area contributed by atoms with Gasteiger partial charge in [0.15, 0.2) is 0 Å². The maximum absolute atomic E-state index is 2.53. The zero-order chi connectivity index (χ0) is 33.9. The van der Waals surface area contributed by atoms with E-state index in [9.17, 15) is 0 Å². The highest BCUT2D eigenvalue weighted by Crippen LogP contribution is 2.45. The van der Waals surface area contributed by atoms with Gasteiger partial charge in [0, 0.05) is 62.0 Å². The zero-order valence-electron chi connectivity index (χ0n) is 28.1. The molecule has 11 aromatic rings. The molecule has 0 atom stereocenters. The van der Waals surface area contributed by atoms with Gasteiger partial charge < -0.3 is 9.13 Å². The molecule has 0 unspecified atom stereocenters. The van der Waals surface area contributed by atoms with Gasteiger partial charge in [0.25, 0.3) is 0 Å². The quantitative estimate of drug-likeness (QED) is 0.174. The highest BCUT2D eigenvalue weighted by atomic mass is 32.1. The van der Waals surface area contributed by atoms with Gasteiger partial charge in [0.05, 0.1) is 27.8 Å². The van der Waals surface area contributed by atoms with Crippen LogP contribution in [0.4, 0.5) is 0 Å². The molecule has 7 aromatic carbocycles. The molecule has 2 nitrogen and oxygen atoms in total. The summed E-state index contributed by atoms with van der Waals surface area (Å²) in [7, 11) is 0. The molecule has 244 valence electrons. The average Bonchev–Trinajstić information content (AvgIpc) is 3.95. The summed E-state index contributed by atoms with van der Waals surface area (Å²) in [4.78, 5) is 0. The van der Waals surface area contributed by atoms with E-state index in [1.807, 2.05) is 22.7 Å². The van der Waals surface area contributed by atoms with Gasteiger partial charge in [0.1, 0.15) is 0 Å². The Balaban J connectivity index is 1.18. The molecule has 1 aliphatic rings. The second kappa shape index (κ2) is 10.8. The first-order valence-electron chi connectivity index (χ1n) is 18.0. The number of nitrogens with zero attached hydrogens (tertiary/aromatic N) is 2. The first-order chi connectivity index (χ1) is 25.8. The van der Waals surface area contributed by atoms with E-state index in [2.05, 4.69) is 167 Å². The van der Waals surface area contributed by atoms with E-state index in [1.165, 1.54) is 106 Å². The van der Waals surface area contributed by atoms with E-state index < -0.39 is 0 Å². The lowest BCUT2D eigenvalue weighted by atomic mass is 10.00. The molecule has 0 fully saturated rings. The molecule has 0 bridgehead atoms. The molecular weight excluding hydrogens is 669 g/mol. The van der Waals surface area contributed by atoms with Crippen molar-refractivity contribution in [2.45, 2.75) is 12.8 Å². The Morgan fingerprint density at radius 2 is 1.23 bits per heavy atom. The van der Waals surface area contributed by atoms with Gasteiger partial charge >= 0.3 is 0 Å². The van der Waals surface area contributed by atoms with Crippen LogP contribution in [0, 0.1) is 0 Å². The summed E-state index contributed by atoms with van der Waals surface area (Å²) in [5.74, 6) is 0. The van der Waals surface area contributed by atoms with Gasteiger partial charge in [-0.25, -0.2) is 0 Å². The minimum absolute atomic E-state index is 1.13. The smallest absolute Gasteiger partial charge is 0.0641 e. The van der Waals surface area contributed by atoms with Crippen molar-refractivity contribution in [1.29, 1.82) is 0 Å². The fourth-order valence-corrected chi connectivity index (χ4v) is 11.4. The van der Waals surface area contributed by atoms with E-state index in [4.69, 9.17) is 0 Å². The Hall–Kier alpha value is -5.94. The molecular formula is C48H30N2S2. The number of hydrogen-bond donors (Lipinski definition) is 0. The van der Waals surface area contributed by atoms with E-state index in [0.717, 1.165) is 12.8 Å². The molecule has 0 aliphatic heterocycles. The van der Waals surface area contributed by atoms with Crippen LogP contribution in [0.1, 0.15) is 12.8 Å². The van der Waals surface area contributed by atoms with Gasteiger partial charge in [0.2, 0.25) is 0 Å². The normalized spacial score (nSPS) is 13.2. The van der Waals surface area contributed by atoms with Gasteiger partial charge in [-0.1, -0.05) is 103 Å². The third-order valence-electron chi connectivity index (χ3n) is 11.1. The topological polar surface area (TPSA) is 9.86 Å². The van der Waals surface area contributed by atoms with Crippen molar-refractivity contribution in [3.8, 4) is 22.5 Å². The Labute approximate surface area is 307 Å². The molecule has 1 aliphatic carbocycles. The van der Waals surface area contributed by atoms with Gasteiger partial charge in [-0.15, -0.1) is 22.7 Å². The van der Waals surface area contributed by atoms with Crippen molar-refractivity contribution >= 4 is 109 Å². The first-order valence-corrected chi connectivity index (χ1v) is 19.6. The van der Waals surface area contributed by atoms with E-state index >= 15 is 0 Å². The molecule has 4 aromatic heterocycles. The number of thiophene rings is 2. The van der Waals surface area contributed by atoms with Crippen molar-refractivity contribution in [1.82, 2.24) is 9.13 Å². The minimum Gasteiger partial charge on any atom is -0.309 e. The lowest BCUT2D eigenvalue weighted by Gasteiger charge is -2.11. The van der Waals surface area contributed by atoms with E-state index in [1.54, 1.807) is 0 Å². The number of fused-ring (bicyclic) bond motifs is 13. The fraction of sp³-hybridized carbons (Fsp3) is 0.0417. The number of hydrogen-bond acceptors (Lipinski definition) is 2. The molecule has 4 heterocycles. The van der Waals surface area contributed by atoms with Crippen LogP contribution in [0.3, 0.4) is 0 Å². The third-order valence-corrected chi connectivity index (χ3v) is 13.5. The molecule has 0 saturated heterocycles. The average molecular weight is 699 g/mol. The largest absolute Gasteiger partial charge is 0.309 e. The maximum atomic E-state index is 2.53. The second-order valence-corrected chi connectivity index (χ2v) is 16.0. The monoisotopic (exact) mass is 698 g/mol. The van der Waals surface area contributed by atoms with Crippen LogP contribution in [-0.2, 0) is 0 Å². The molecule has 0 spiro atoms. The summed E-state index contributed by atoms with van der Waals surface area (Å²) in [6.45, 7) is 0. The third kappa shape index (κ3) is 3.88. The van der Waals surface area contributed by atoms with Crippen molar-refractivity contribution < 1.29 is 0 Å². The van der Waals surface area contributed by atoms with E-state index in [0.29, 0.717) is 0 Å². The lowest BCUT2D eigenvalue weighted by molar-refractivity contribution is 1.13. The molecule has 0 saturated carbocycles. The lowest BCUT2D eigenvalue weighted by Crippen LogP contribution is -2.20. The van der Waals surface area contributed by atoms with Crippen molar-refractivity contribution in [2.75, 3.05) is 0 Å². The van der Waals surface area contributed by atoms with Crippen LogP contribution in [0.25, 0.3) is 109 Å². The molecule has 4 heteroatoms. The summed E-state index contributed by atoms with van der Waals surface area (Å²) in [6.07, 6.45) is 7.11. The summed E-state index contributed by atoms with van der Waals surface area (Å²) in [5.41, 5.74) is 9.93. The van der Waals surface area contributed by atoms with Crippen LogP contribution in [-0.4, -0.2) is 9.13 Å². The summed E-state index contributed by atoms with van der Waals surface area (Å²) >= 11 is 3.84. The number of aromatic nitrogens is 2. The van der Waals surface area contributed by atoms with Gasteiger partial charge in [-0.3, -0.25) is 0 Å². The fourth-order valence-electron chi connectivity index (χ4n) is 8.96. The highest BCUT2D eigenvalue weighted by molar-refractivity contribution is 7.26. The molecule has 0 N–H and O–H groups in total. The van der Waals surface area contributed by atoms with Gasteiger partial charge in [-0.2, -0.15) is 0 Å². The Morgan fingerprint density at radius 1 is 0.462 bits per heavy atom. The SMILES string of the molecule is C1=c2sc3c(-c4ccc5sc6cccc(-n7c8ccccc8c8c7ccc7c9ccccc9n(-c9ccccc9)c78)c6c5c4)cccc3c2=CCC1. The number of benzene rings is 7. The first kappa shape index (κ1) is 28.7. The highest BCUT2D eigenvalue weighted by Gasteiger charge is 2.22. The Bertz CT molecular complexity index is 3410. The predicted octanol–water partition coefficient (Wildman–Crippen LogP) is 12.5. The van der Waals surface area contributed by atoms with Crippen molar-refractivity contribution in [2.24, 2.45) is 0 Å². The van der Waals surface area contributed by atoms with E-state index in [-0.39, 0.29) is 0 Å². The second-order valence-electron chi connectivity index (χ2n) is 13.9. The van der Waals surface area contributed by atoms with Crippen molar-refractivity contribution in [3.05, 3.63) is 155 Å². The summed E-state index contributed by atoms with van der Waals surface area (Å²) < 4.78 is 10.4.